The normalized spacial score (nSPS) is 15.7. The first kappa shape index (κ1) is 7.23. The van der Waals surface area contributed by atoms with E-state index in [2.05, 4.69) is 9.97 Å². The van der Waals surface area contributed by atoms with Crippen LogP contribution in [0.3, 0.4) is 0 Å². The smallest absolute Gasteiger partial charge is 0.144 e. The van der Waals surface area contributed by atoms with Gasteiger partial charge in [0.25, 0.3) is 0 Å². The van der Waals surface area contributed by atoms with Crippen LogP contribution in [0, 0.1) is 18.3 Å². The number of aromatic nitrogens is 2. The third-order valence-electron chi connectivity index (χ3n) is 1.97. The van der Waals surface area contributed by atoms with Crippen LogP contribution >= 0.6 is 0 Å². The summed E-state index contributed by atoms with van der Waals surface area (Å²) in [6, 6.07) is 3.84. The van der Waals surface area contributed by atoms with Gasteiger partial charge in [-0.1, -0.05) is 0 Å². The molecule has 1 aliphatic rings. The van der Waals surface area contributed by atoms with Crippen molar-refractivity contribution in [2.75, 3.05) is 0 Å². The van der Waals surface area contributed by atoms with E-state index in [0.29, 0.717) is 17.4 Å². The molecule has 1 saturated carbocycles. The fourth-order valence-corrected chi connectivity index (χ4v) is 1.24. The quantitative estimate of drug-likeness (QED) is 0.624. The summed E-state index contributed by atoms with van der Waals surface area (Å²) in [6.45, 7) is 1.83. The standard InChI is InChI=1S/C9H9N3/c1-6-11-8(5-10)4-9(12-6)7-2-3-7/h4,7H,2-3H2,1H3. The summed E-state index contributed by atoms with van der Waals surface area (Å²) in [5.74, 6) is 1.30. The first-order valence-electron chi connectivity index (χ1n) is 4.05. The van der Waals surface area contributed by atoms with E-state index in [-0.39, 0.29) is 0 Å². The maximum absolute atomic E-state index is 8.65. The maximum Gasteiger partial charge on any atom is 0.144 e. The van der Waals surface area contributed by atoms with Gasteiger partial charge in [0.1, 0.15) is 17.6 Å². The topological polar surface area (TPSA) is 49.6 Å². The molecule has 0 spiro atoms. The molecule has 3 heteroatoms. The van der Waals surface area contributed by atoms with Gasteiger partial charge in [-0.15, -0.1) is 0 Å². The Kier molecular flexibility index (Phi) is 1.54. The molecule has 1 aromatic rings. The molecule has 1 heterocycles. The molecule has 0 saturated heterocycles. The van der Waals surface area contributed by atoms with Crippen molar-refractivity contribution < 1.29 is 0 Å². The Bertz CT molecular complexity index is 347. The second-order valence-corrected chi connectivity index (χ2v) is 3.11. The SMILES string of the molecule is Cc1nc(C#N)cc(C2CC2)n1. The fourth-order valence-electron chi connectivity index (χ4n) is 1.24. The zero-order valence-electron chi connectivity index (χ0n) is 6.91. The summed E-state index contributed by atoms with van der Waals surface area (Å²) in [6.07, 6.45) is 2.42. The molecule has 3 nitrogen and oxygen atoms in total. The lowest BCUT2D eigenvalue weighted by atomic mass is 10.2. The Morgan fingerprint density at radius 2 is 2.25 bits per heavy atom. The van der Waals surface area contributed by atoms with Gasteiger partial charge < -0.3 is 0 Å². The van der Waals surface area contributed by atoms with Gasteiger partial charge in [0.2, 0.25) is 0 Å². The number of hydrogen-bond donors (Lipinski definition) is 0. The van der Waals surface area contributed by atoms with E-state index in [9.17, 15) is 0 Å². The van der Waals surface area contributed by atoms with Crippen molar-refractivity contribution in [3.63, 3.8) is 0 Å². The number of rotatable bonds is 1. The van der Waals surface area contributed by atoms with Crippen molar-refractivity contribution in [3.8, 4) is 6.07 Å². The summed E-state index contributed by atoms with van der Waals surface area (Å²) in [5.41, 5.74) is 1.53. The van der Waals surface area contributed by atoms with Crippen molar-refractivity contribution in [3.05, 3.63) is 23.3 Å². The van der Waals surface area contributed by atoms with Gasteiger partial charge in [-0.05, 0) is 25.8 Å². The molecule has 2 rings (SSSR count). The molecule has 0 radical (unpaired) electrons. The Hall–Kier alpha value is -1.43. The highest BCUT2D eigenvalue weighted by Gasteiger charge is 2.25. The third kappa shape index (κ3) is 1.28. The molecule has 1 aliphatic carbocycles. The largest absolute Gasteiger partial charge is 0.238 e. The van der Waals surface area contributed by atoms with E-state index in [0.717, 1.165) is 5.69 Å². The second-order valence-electron chi connectivity index (χ2n) is 3.11. The van der Waals surface area contributed by atoms with E-state index in [1.807, 2.05) is 13.0 Å². The molecule has 0 aliphatic heterocycles. The van der Waals surface area contributed by atoms with Crippen molar-refractivity contribution in [1.82, 2.24) is 9.97 Å². The summed E-state index contributed by atoms with van der Waals surface area (Å²) in [5, 5.41) is 8.65. The van der Waals surface area contributed by atoms with E-state index in [1.54, 1.807) is 6.07 Å². The molecule has 1 aromatic heterocycles. The number of nitrogens with zero attached hydrogens (tertiary/aromatic N) is 3. The van der Waals surface area contributed by atoms with Crippen molar-refractivity contribution in [1.29, 1.82) is 5.26 Å². The average Bonchev–Trinajstić information content (AvgIpc) is 2.85. The summed E-state index contributed by atoms with van der Waals surface area (Å²) >= 11 is 0. The minimum absolute atomic E-state index is 0.490. The van der Waals surface area contributed by atoms with Crippen molar-refractivity contribution in [2.45, 2.75) is 25.7 Å². The Balaban J connectivity index is 2.43. The van der Waals surface area contributed by atoms with Crippen LogP contribution in [-0.4, -0.2) is 9.97 Å². The van der Waals surface area contributed by atoms with Gasteiger partial charge in [-0.3, -0.25) is 0 Å². The minimum Gasteiger partial charge on any atom is -0.238 e. The second kappa shape index (κ2) is 2.56. The van der Waals surface area contributed by atoms with Gasteiger partial charge in [0.15, 0.2) is 0 Å². The van der Waals surface area contributed by atoms with Crippen LogP contribution in [0.25, 0.3) is 0 Å². The van der Waals surface area contributed by atoms with Gasteiger partial charge in [0.05, 0.1) is 0 Å². The Morgan fingerprint density at radius 3 is 2.83 bits per heavy atom. The first-order chi connectivity index (χ1) is 5.79. The molecule has 0 N–H and O–H groups in total. The van der Waals surface area contributed by atoms with Crippen LogP contribution in [0.2, 0.25) is 0 Å². The Labute approximate surface area is 71.1 Å². The predicted molar refractivity (Wildman–Crippen MR) is 43.5 cm³/mol. The first-order valence-corrected chi connectivity index (χ1v) is 4.05. The highest BCUT2D eigenvalue weighted by Crippen LogP contribution is 2.38. The van der Waals surface area contributed by atoms with Crippen LogP contribution in [0.5, 0.6) is 0 Å². The lowest BCUT2D eigenvalue weighted by molar-refractivity contribution is 0.931. The van der Waals surface area contributed by atoms with Crippen LogP contribution in [0.1, 0.15) is 36.0 Å². The average molecular weight is 159 g/mol. The molecular weight excluding hydrogens is 150 g/mol. The lowest BCUT2D eigenvalue weighted by Gasteiger charge is -1.98. The van der Waals surface area contributed by atoms with E-state index in [1.165, 1.54) is 12.8 Å². The summed E-state index contributed by atoms with van der Waals surface area (Å²) in [4.78, 5) is 8.27. The van der Waals surface area contributed by atoms with E-state index >= 15 is 0 Å². The minimum atomic E-state index is 0.490. The fraction of sp³-hybridized carbons (Fsp3) is 0.444. The zero-order chi connectivity index (χ0) is 8.55. The molecule has 0 unspecified atom stereocenters. The molecule has 1 fully saturated rings. The maximum atomic E-state index is 8.65. The van der Waals surface area contributed by atoms with Gasteiger partial charge in [0, 0.05) is 11.6 Å². The van der Waals surface area contributed by atoms with Crippen LogP contribution < -0.4 is 0 Å². The van der Waals surface area contributed by atoms with E-state index in [4.69, 9.17) is 5.26 Å². The number of hydrogen-bond acceptors (Lipinski definition) is 3. The molecule has 0 amide bonds. The van der Waals surface area contributed by atoms with Crippen molar-refractivity contribution >= 4 is 0 Å². The zero-order valence-corrected chi connectivity index (χ0v) is 6.91. The van der Waals surface area contributed by atoms with Crippen molar-refractivity contribution in [2.24, 2.45) is 0 Å². The molecule has 0 bridgehead atoms. The lowest BCUT2D eigenvalue weighted by Crippen LogP contribution is -1.96. The number of nitriles is 1. The van der Waals surface area contributed by atoms with E-state index < -0.39 is 0 Å². The van der Waals surface area contributed by atoms with Gasteiger partial charge in [-0.2, -0.15) is 5.26 Å². The summed E-state index contributed by atoms with van der Waals surface area (Å²) in [7, 11) is 0. The molecule has 0 aromatic carbocycles. The van der Waals surface area contributed by atoms with Crippen LogP contribution in [-0.2, 0) is 0 Å². The van der Waals surface area contributed by atoms with Crippen LogP contribution in [0.4, 0.5) is 0 Å². The highest BCUT2D eigenvalue weighted by molar-refractivity contribution is 5.26. The van der Waals surface area contributed by atoms with Crippen LogP contribution in [0.15, 0.2) is 6.07 Å². The monoisotopic (exact) mass is 159 g/mol. The highest BCUT2D eigenvalue weighted by atomic mass is 14.9. The number of aryl methyl sites for hydroxylation is 1. The third-order valence-corrected chi connectivity index (χ3v) is 1.97. The predicted octanol–water partition coefficient (Wildman–Crippen LogP) is 1.53. The molecular formula is C9H9N3. The Morgan fingerprint density at radius 1 is 1.50 bits per heavy atom. The van der Waals surface area contributed by atoms with Gasteiger partial charge >= 0.3 is 0 Å². The molecule has 60 valence electrons. The molecule has 0 atom stereocenters. The molecule has 12 heavy (non-hydrogen) atoms. The summed E-state index contributed by atoms with van der Waals surface area (Å²) < 4.78 is 0. The van der Waals surface area contributed by atoms with Gasteiger partial charge in [-0.25, -0.2) is 9.97 Å².